The lowest BCUT2D eigenvalue weighted by Gasteiger charge is -2.05. The maximum absolute atomic E-state index is 12.1. The monoisotopic (exact) mass is 267 g/mol. The van der Waals surface area contributed by atoms with Crippen LogP contribution < -0.4 is 5.32 Å². The van der Waals surface area contributed by atoms with Crippen LogP contribution in [-0.4, -0.2) is 11.0 Å². The third kappa shape index (κ3) is 2.67. The van der Waals surface area contributed by atoms with Crippen molar-refractivity contribution in [2.45, 2.75) is 19.3 Å². The molecule has 0 heterocycles. The molecule has 102 valence electrons. The number of hydrogen-bond acceptors (Lipinski definition) is 2. The van der Waals surface area contributed by atoms with Crippen LogP contribution in [0.4, 0.5) is 5.69 Å². The van der Waals surface area contributed by atoms with E-state index in [9.17, 15) is 9.90 Å². The van der Waals surface area contributed by atoms with Crippen molar-refractivity contribution in [3.05, 3.63) is 59.7 Å². The minimum absolute atomic E-state index is 0.0424. The molecular formula is C17H17NO2. The first-order valence-electron chi connectivity index (χ1n) is 6.80. The summed E-state index contributed by atoms with van der Waals surface area (Å²) in [4.78, 5) is 12.1. The van der Waals surface area contributed by atoms with Gasteiger partial charge in [0.15, 0.2) is 0 Å². The summed E-state index contributed by atoms with van der Waals surface area (Å²) in [5, 5.41) is 12.2. The molecule has 1 amide bonds. The Balaban J connectivity index is 1.62. The number of rotatable bonds is 3. The van der Waals surface area contributed by atoms with Crippen LogP contribution in [0.15, 0.2) is 48.5 Å². The minimum Gasteiger partial charge on any atom is -0.508 e. The zero-order chi connectivity index (χ0) is 14.1. The molecule has 2 aromatic rings. The Morgan fingerprint density at radius 1 is 1.10 bits per heavy atom. The second-order valence-corrected chi connectivity index (χ2v) is 5.40. The van der Waals surface area contributed by atoms with E-state index in [1.165, 1.54) is 5.56 Å². The Morgan fingerprint density at radius 2 is 1.75 bits per heavy atom. The Kier molecular flexibility index (Phi) is 3.18. The summed E-state index contributed by atoms with van der Waals surface area (Å²) in [6.45, 7) is 2.02. The van der Waals surface area contributed by atoms with Crippen molar-refractivity contribution >= 4 is 11.6 Å². The Hall–Kier alpha value is -2.29. The molecule has 2 atom stereocenters. The van der Waals surface area contributed by atoms with Crippen molar-refractivity contribution in [1.82, 2.24) is 0 Å². The molecule has 3 nitrogen and oxygen atoms in total. The van der Waals surface area contributed by atoms with Crippen LogP contribution in [0, 0.1) is 12.8 Å². The molecule has 2 aromatic carbocycles. The van der Waals surface area contributed by atoms with Gasteiger partial charge < -0.3 is 10.4 Å². The van der Waals surface area contributed by atoms with E-state index < -0.39 is 0 Å². The fraction of sp³-hybridized carbons (Fsp3) is 0.235. The largest absolute Gasteiger partial charge is 0.508 e. The number of hydrogen-bond donors (Lipinski definition) is 2. The molecule has 1 aliphatic carbocycles. The molecule has 0 saturated heterocycles. The second-order valence-electron chi connectivity index (χ2n) is 5.40. The van der Waals surface area contributed by atoms with E-state index in [2.05, 4.69) is 5.32 Å². The van der Waals surface area contributed by atoms with Gasteiger partial charge in [-0.1, -0.05) is 29.8 Å². The van der Waals surface area contributed by atoms with Crippen LogP contribution in [0.1, 0.15) is 23.5 Å². The molecule has 0 bridgehead atoms. The summed E-state index contributed by atoms with van der Waals surface area (Å²) < 4.78 is 0. The van der Waals surface area contributed by atoms with E-state index in [-0.39, 0.29) is 23.5 Å². The van der Waals surface area contributed by atoms with Crippen molar-refractivity contribution in [1.29, 1.82) is 0 Å². The first-order chi connectivity index (χ1) is 9.63. The van der Waals surface area contributed by atoms with E-state index >= 15 is 0 Å². The summed E-state index contributed by atoms with van der Waals surface area (Å²) in [6, 6.07) is 14.9. The molecule has 0 spiro atoms. The summed E-state index contributed by atoms with van der Waals surface area (Å²) >= 11 is 0. The average Bonchev–Trinajstić information content (AvgIpc) is 3.23. The predicted molar refractivity (Wildman–Crippen MR) is 78.8 cm³/mol. The molecule has 20 heavy (non-hydrogen) atoms. The molecule has 2 unspecified atom stereocenters. The number of aryl methyl sites for hydroxylation is 1. The van der Waals surface area contributed by atoms with E-state index in [0.29, 0.717) is 0 Å². The van der Waals surface area contributed by atoms with E-state index in [0.717, 1.165) is 17.7 Å². The van der Waals surface area contributed by atoms with Crippen molar-refractivity contribution in [2.24, 2.45) is 5.92 Å². The normalized spacial score (nSPS) is 20.4. The van der Waals surface area contributed by atoms with E-state index in [1.807, 2.05) is 43.3 Å². The highest BCUT2D eigenvalue weighted by Gasteiger charge is 2.43. The van der Waals surface area contributed by atoms with Gasteiger partial charge in [-0.05, 0) is 49.1 Å². The molecule has 2 N–H and O–H groups in total. The lowest BCUT2D eigenvalue weighted by Crippen LogP contribution is -2.14. The van der Waals surface area contributed by atoms with Gasteiger partial charge in [-0.3, -0.25) is 4.79 Å². The van der Waals surface area contributed by atoms with Crippen molar-refractivity contribution < 1.29 is 9.90 Å². The van der Waals surface area contributed by atoms with Crippen LogP contribution in [0.3, 0.4) is 0 Å². The van der Waals surface area contributed by atoms with Gasteiger partial charge in [-0.2, -0.15) is 0 Å². The maximum Gasteiger partial charge on any atom is 0.228 e. The summed E-state index contributed by atoms with van der Waals surface area (Å²) in [7, 11) is 0. The summed E-state index contributed by atoms with van der Waals surface area (Å²) in [5.41, 5.74) is 3.14. The zero-order valence-electron chi connectivity index (χ0n) is 11.3. The van der Waals surface area contributed by atoms with Crippen molar-refractivity contribution in [3.8, 4) is 5.75 Å². The van der Waals surface area contributed by atoms with Gasteiger partial charge in [0.25, 0.3) is 0 Å². The number of carbonyl (C=O) groups is 1. The average molecular weight is 267 g/mol. The van der Waals surface area contributed by atoms with Gasteiger partial charge in [0.2, 0.25) is 5.91 Å². The molecular weight excluding hydrogens is 250 g/mol. The number of carbonyl (C=O) groups excluding carboxylic acids is 1. The molecule has 3 heteroatoms. The van der Waals surface area contributed by atoms with E-state index in [4.69, 9.17) is 0 Å². The van der Waals surface area contributed by atoms with Gasteiger partial charge in [0.05, 0.1) is 0 Å². The van der Waals surface area contributed by atoms with Gasteiger partial charge in [0.1, 0.15) is 5.75 Å². The zero-order valence-corrected chi connectivity index (χ0v) is 11.3. The van der Waals surface area contributed by atoms with Crippen LogP contribution >= 0.6 is 0 Å². The summed E-state index contributed by atoms with van der Waals surface area (Å²) in [5.74, 6) is 0.656. The minimum atomic E-state index is 0.0424. The number of anilines is 1. The molecule has 0 aliphatic heterocycles. The van der Waals surface area contributed by atoms with Gasteiger partial charge >= 0.3 is 0 Å². The highest BCUT2D eigenvalue weighted by atomic mass is 16.3. The molecule has 0 aromatic heterocycles. The highest BCUT2D eigenvalue weighted by molar-refractivity contribution is 5.95. The molecule has 1 fully saturated rings. The summed E-state index contributed by atoms with van der Waals surface area (Å²) in [6.07, 6.45) is 0.877. The molecule has 1 saturated carbocycles. The van der Waals surface area contributed by atoms with Crippen LogP contribution in [0.2, 0.25) is 0 Å². The first-order valence-corrected chi connectivity index (χ1v) is 6.80. The fourth-order valence-corrected chi connectivity index (χ4v) is 2.45. The predicted octanol–water partition coefficient (Wildman–Crippen LogP) is 3.44. The topological polar surface area (TPSA) is 49.3 Å². The Morgan fingerprint density at radius 3 is 2.40 bits per heavy atom. The van der Waals surface area contributed by atoms with Crippen LogP contribution in [0.25, 0.3) is 0 Å². The van der Waals surface area contributed by atoms with Crippen LogP contribution in [0.5, 0.6) is 5.75 Å². The van der Waals surface area contributed by atoms with Crippen LogP contribution in [-0.2, 0) is 4.79 Å². The molecule has 3 rings (SSSR count). The SMILES string of the molecule is Cc1ccc(NC(=O)C2CC2c2ccc(O)cc2)cc1. The maximum atomic E-state index is 12.1. The van der Waals surface area contributed by atoms with Crippen molar-refractivity contribution in [2.75, 3.05) is 5.32 Å². The Labute approximate surface area is 118 Å². The van der Waals surface area contributed by atoms with Crippen molar-refractivity contribution in [3.63, 3.8) is 0 Å². The fourth-order valence-electron chi connectivity index (χ4n) is 2.45. The third-order valence-electron chi connectivity index (χ3n) is 3.77. The van der Waals surface area contributed by atoms with E-state index in [1.54, 1.807) is 12.1 Å². The van der Waals surface area contributed by atoms with Gasteiger partial charge in [-0.15, -0.1) is 0 Å². The number of aromatic hydroxyl groups is 1. The van der Waals surface area contributed by atoms with Gasteiger partial charge in [-0.25, -0.2) is 0 Å². The lowest BCUT2D eigenvalue weighted by molar-refractivity contribution is -0.117. The first kappa shape index (κ1) is 12.7. The molecule has 1 aliphatic rings. The quantitative estimate of drug-likeness (QED) is 0.895. The number of phenolic OH excluding ortho intramolecular Hbond substituents is 1. The number of amides is 1. The van der Waals surface area contributed by atoms with Gasteiger partial charge in [0, 0.05) is 11.6 Å². The standard InChI is InChI=1S/C17H17NO2/c1-11-2-6-13(7-3-11)18-17(20)16-10-15(16)12-4-8-14(19)9-5-12/h2-9,15-16,19H,10H2,1H3,(H,18,20). The highest BCUT2D eigenvalue weighted by Crippen LogP contribution is 2.48. The Bertz CT molecular complexity index is 616. The number of benzene rings is 2. The number of phenols is 1. The second kappa shape index (κ2) is 5.00. The lowest BCUT2D eigenvalue weighted by atomic mass is 10.1. The third-order valence-corrected chi connectivity index (χ3v) is 3.77. The molecule has 0 radical (unpaired) electrons. The number of nitrogens with one attached hydrogen (secondary N) is 1. The smallest absolute Gasteiger partial charge is 0.228 e.